The van der Waals surface area contributed by atoms with E-state index in [-0.39, 0.29) is 0 Å². The Morgan fingerprint density at radius 2 is 0.794 bits per heavy atom. The summed E-state index contributed by atoms with van der Waals surface area (Å²) in [4.78, 5) is 2.64. The van der Waals surface area contributed by atoms with Crippen LogP contribution in [0.3, 0.4) is 0 Å². The van der Waals surface area contributed by atoms with Crippen LogP contribution < -0.4 is 0 Å². The van der Waals surface area contributed by atoms with Gasteiger partial charge in [-0.1, -0.05) is 104 Å². The average molecular weight is 440 g/mol. The number of hydrogen-bond acceptors (Lipinski definition) is 1. The first-order valence-electron chi connectivity index (χ1n) is 12.3. The molecule has 0 saturated carbocycles. The fraction of sp³-hybridized carbons (Fsp3) is 0.152. The van der Waals surface area contributed by atoms with Crippen molar-refractivity contribution in [2.24, 2.45) is 0 Å². The zero-order chi connectivity index (χ0) is 22.9. The second kappa shape index (κ2) is 8.93. The highest BCUT2D eigenvalue weighted by Gasteiger charge is 2.15. The Morgan fingerprint density at radius 1 is 0.471 bits per heavy atom. The first-order valence-corrected chi connectivity index (χ1v) is 12.3. The van der Waals surface area contributed by atoms with Crippen LogP contribution in [-0.2, 0) is 13.1 Å². The quantitative estimate of drug-likeness (QED) is 0.235. The maximum absolute atomic E-state index is 2.64. The van der Waals surface area contributed by atoms with Gasteiger partial charge in [0.2, 0.25) is 0 Å². The molecule has 6 aromatic carbocycles. The maximum Gasteiger partial charge on any atom is 0.0249 e. The summed E-state index contributed by atoms with van der Waals surface area (Å²) in [7, 11) is 0. The minimum atomic E-state index is 0.938. The van der Waals surface area contributed by atoms with Gasteiger partial charge in [0.25, 0.3) is 0 Å². The van der Waals surface area contributed by atoms with Crippen LogP contribution in [0.5, 0.6) is 0 Å². The van der Waals surface area contributed by atoms with Gasteiger partial charge >= 0.3 is 0 Å². The van der Waals surface area contributed by atoms with E-state index in [1.54, 1.807) is 0 Å². The molecule has 166 valence electrons. The molecule has 0 bridgehead atoms. The van der Waals surface area contributed by atoms with Gasteiger partial charge in [0.1, 0.15) is 0 Å². The number of hydrogen-bond donors (Lipinski definition) is 0. The topological polar surface area (TPSA) is 3.24 Å². The van der Waals surface area contributed by atoms with Gasteiger partial charge in [0.05, 0.1) is 0 Å². The molecule has 0 fully saturated rings. The Bertz CT molecular complexity index is 1400. The molecule has 0 atom stereocenters. The maximum atomic E-state index is 2.64. The van der Waals surface area contributed by atoms with Crippen molar-refractivity contribution >= 4 is 43.1 Å². The summed E-state index contributed by atoms with van der Waals surface area (Å²) in [5.74, 6) is 0. The van der Waals surface area contributed by atoms with Crippen molar-refractivity contribution in [2.75, 3.05) is 6.54 Å². The second-order valence-electron chi connectivity index (χ2n) is 9.31. The molecule has 0 aliphatic heterocycles. The van der Waals surface area contributed by atoms with Gasteiger partial charge in [-0.15, -0.1) is 0 Å². The number of rotatable bonds is 6. The second-order valence-corrected chi connectivity index (χ2v) is 9.31. The van der Waals surface area contributed by atoms with Crippen LogP contribution in [0.4, 0.5) is 0 Å². The van der Waals surface area contributed by atoms with Crippen molar-refractivity contribution < 1.29 is 0 Å². The highest BCUT2D eigenvalue weighted by molar-refractivity contribution is 6.03. The van der Waals surface area contributed by atoms with E-state index in [2.05, 4.69) is 121 Å². The van der Waals surface area contributed by atoms with Crippen molar-refractivity contribution in [3.8, 4) is 0 Å². The predicted octanol–water partition coefficient (Wildman–Crippen LogP) is 8.71. The molecular weight excluding hydrogens is 410 g/mol. The molecule has 0 heterocycles. The highest BCUT2D eigenvalue weighted by atomic mass is 15.1. The molecule has 0 spiro atoms. The molecule has 1 nitrogen and oxygen atoms in total. The molecule has 0 aliphatic carbocycles. The summed E-state index contributed by atoms with van der Waals surface area (Å²) in [6.45, 7) is 5.23. The monoisotopic (exact) mass is 439 g/mol. The zero-order valence-corrected chi connectivity index (χ0v) is 19.7. The van der Waals surface area contributed by atoms with Gasteiger partial charge in [0, 0.05) is 13.1 Å². The van der Waals surface area contributed by atoms with E-state index in [1.807, 2.05) is 0 Å². The average Bonchev–Trinajstić information content (AvgIpc) is 2.88. The first kappa shape index (κ1) is 20.9. The Hall–Kier alpha value is -3.68. The lowest BCUT2D eigenvalue weighted by atomic mass is 9.94. The predicted molar refractivity (Wildman–Crippen MR) is 147 cm³/mol. The molecule has 34 heavy (non-hydrogen) atoms. The van der Waals surface area contributed by atoms with E-state index in [0.29, 0.717) is 0 Å². The summed E-state index contributed by atoms with van der Waals surface area (Å²) in [6, 6.07) is 40.0. The minimum Gasteiger partial charge on any atom is -0.295 e. The summed E-state index contributed by atoms with van der Waals surface area (Å²) >= 11 is 0. The smallest absolute Gasteiger partial charge is 0.0249 e. The molecule has 1 heteroatoms. The van der Waals surface area contributed by atoms with Gasteiger partial charge in [-0.05, 0) is 79.3 Å². The summed E-state index contributed by atoms with van der Waals surface area (Å²) in [5.41, 5.74) is 2.87. The molecule has 6 rings (SSSR count). The lowest BCUT2D eigenvalue weighted by Gasteiger charge is -2.25. The molecule has 0 radical (unpaired) electrons. The van der Waals surface area contributed by atoms with Crippen molar-refractivity contribution in [1.82, 2.24) is 4.90 Å². The van der Waals surface area contributed by atoms with E-state index in [1.165, 1.54) is 54.2 Å². The summed E-state index contributed by atoms with van der Waals surface area (Å²) in [5, 5.41) is 10.8. The molecule has 0 aliphatic rings. The largest absolute Gasteiger partial charge is 0.295 e. The van der Waals surface area contributed by atoms with E-state index in [0.717, 1.165) is 26.1 Å². The Balaban J connectivity index is 1.50. The SMILES string of the molecule is CCCN(Cc1c2ccccc2cc2ccccc12)Cc1c2ccccc2cc2ccccc12. The van der Waals surface area contributed by atoms with Crippen LogP contribution in [0.25, 0.3) is 43.1 Å². The van der Waals surface area contributed by atoms with Crippen LogP contribution in [0, 0.1) is 0 Å². The van der Waals surface area contributed by atoms with Gasteiger partial charge in [-0.25, -0.2) is 0 Å². The number of fused-ring (bicyclic) bond motifs is 4. The van der Waals surface area contributed by atoms with Crippen LogP contribution >= 0.6 is 0 Å². The zero-order valence-electron chi connectivity index (χ0n) is 19.7. The van der Waals surface area contributed by atoms with Crippen LogP contribution in [-0.4, -0.2) is 11.4 Å². The van der Waals surface area contributed by atoms with Crippen molar-refractivity contribution in [3.05, 3.63) is 120 Å². The lowest BCUT2D eigenvalue weighted by molar-refractivity contribution is 0.261. The molecule has 0 saturated heterocycles. The van der Waals surface area contributed by atoms with Crippen LogP contribution in [0.2, 0.25) is 0 Å². The number of nitrogens with zero attached hydrogens (tertiary/aromatic N) is 1. The van der Waals surface area contributed by atoms with Crippen molar-refractivity contribution in [1.29, 1.82) is 0 Å². The molecule has 6 aromatic rings. The number of benzene rings is 6. The molecule has 0 aromatic heterocycles. The Morgan fingerprint density at radius 3 is 1.12 bits per heavy atom. The normalized spacial score (nSPS) is 11.8. The van der Waals surface area contributed by atoms with E-state index < -0.39 is 0 Å². The van der Waals surface area contributed by atoms with Crippen molar-refractivity contribution in [2.45, 2.75) is 26.4 Å². The van der Waals surface area contributed by atoms with Gasteiger partial charge in [-0.2, -0.15) is 0 Å². The Labute approximate surface area is 201 Å². The van der Waals surface area contributed by atoms with Gasteiger partial charge in [-0.3, -0.25) is 4.90 Å². The molecule has 0 N–H and O–H groups in total. The standard InChI is InChI=1S/C33H29N/c1-2-19-34(22-32-28-15-7-3-11-24(28)20-25-12-4-8-16-29(25)32)23-33-30-17-9-5-13-26(30)21-27-14-6-10-18-31(27)33/h3-18,20-21H,2,19,22-23H2,1H3. The van der Waals surface area contributed by atoms with E-state index in [9.17, 15) is 0 Å². The Kier molecular flexibility index (Phi) is 5.49. The third-order valence-electron chi connectivity index (χ3n) is 7.07. The summed E-state index contributed by atoms with van der Waals surface area (Å²) in [6.07, 6.45) is 1.13. The van der Waals surface area contributed by atoms with E-state index in [4.69, 9.17) is 0 Å². The third kappa shape index (κ3) is 3.73. The van der Waals surface area contributed by atoms with Gasteiger partial charge in [0.15, 0.2) is 0 Å². The molecule has 0 unspecified atom stereocenters. The molecular formula is C33H29N. The van der Waals surface area contributed by atoms with E-state index >= 15 is 0 Å². The third-order valence-corrected chi connectivity index (χ3v) is 7.07. The minimum absolute atomic E-state index is 0.938. The molecule has 0 amide bonds. The summed E-state index contributed by atoms with van der Waals surface area (Å²) < 4.78 is 0. The van der Waals surface area contributed by atoms with Crippen LogP contribution in [0.15, 0.2) is 109 Å². The van der Waals surface area contributed by atoms with Crippen molar-refractivity contribution in [3.63, 3.8) is 0 Å². The fourth-order valence-electron chi connectivity index (χ4n) is 5.53. The fourth-order valence-corrected chi connectivity index (χ4v) is 5.53. The first-order chi connectivity index (χ1) is 16.8. The van der Waals surface area contributed by atoms with Gasteiger partial charge < -0.3 is 0 Å². The van der Waals surface area contributed by atoms with Crippen LogP contribution in [0.1, 0.15) is 24.5 Å². The highest BCUT2D eigenvalue weighted by Crippen LogP contribution is 2.33. The lowest BCUT2D eigenvalue weighted by Crippen LogP contribution is -2.24.